The maximum Gasteiger partial charge on any atom is 0.241 e. The second kappa shape index (κ2) is 9.20. The van der Waals surface area contributed by atoms with E-state index in [1.54, 1.807) is 26.4 Å². The molecule has 1 aromatic carbocycles. The first-order valence-corrected chi connectivity index (χ1v) is 10.1. The van der Waals surface area contributed by atoms with Crippen LogP contribution in [0.5, 0.6) is 5.88 Å². The molecule has 0 radical (unpaired) electrons. The number of oxazole rings is 1. The molecule has 5 nitrogen and oxygen atoms in total. The Morgan fingerprint density at radius 3 is 2.59 bits per heavy atom. The third-order valence-corrected chi connectivity index (χ3v) is 4.96. The van der Waals surface area contributed by atoms with Gasteiger partial charge in [0, 0.05) is 30.8 Å². The average molecular weight is 403 g/mol. The molecule has 0 atom stereocenters. The highest BCUT2D eigenvalue weighted by molar-refractivity contribution is 5.69. The summed E-state index contributed by atoms with van der Waals surface area (Å²) in [5, 5.41) is 4.26. The van der Waals surface area contributed by atoms with Crippen molar-refractivity contribution in [2.24, 2.45) is 7.05 Å². The van der Waals surface area contributed by atoms with Crippen LogP contribution in [-0.2, 0) is 13.7 Å². The molecule has 1 saturated carbocycles. The van der Waals surface area contributed by atoms with Crippen LogP contribution in [0.15, 0.2) is 29.0 Å². The summed E-state index contributed by atoms with van der Waals surface area (Å²) in [5.74, 6) is 0.186. The maximum atomic E-state index is 14.3. The Balaban J connectivity index is 0.00000117. The van der Waals surface area contributed by atoms with Crippen molar-refractivity contribution in [1.29, 1.82) is 0 Å². The van der Waals surface area contributed by atoms with Crippen LogP contribution in [0.1, 0.15) is 62.6 Å². The molecule has 3 aromatic rings. The van der Waals surface area contributed by atoms with Gasteiger partial charge in [-0.3, -0.25) is 4.68 Å². The van der Waals surface area contributed by atoms with Gasteiger partial charge in [0.05, 0.1) is 5.56 Å². The normalized spacial score (nSPS) is 14.0. The van der Waals surface area contributed by atoms with Crippen LogP contribution >= 0.6 is 0 Å². The van der Waals surface area contributed by atoms with Crippen molar-refractivity contribution < 1.29 is 17.9 Å². The van der Waals surface area contributed by atoms with Gasteiger partial charge >= 0.3 is 0 Å². The topological polar surface area (TPSA) is 53.1 Å². The summed E-state index contributed by atoms with van der Waals surface area (Å²) in [6, 6.07) is 2.34. The van der Waals surface area contributed by atoms with Crippen LogP contribution in [0.25, 0.3) is 11.1 Å². The van der Waals surface area contributed by atoms with E-state index < -0.39 is 11.6 Å². The number of rotatable bonds is 5. The van der Waals surface area contributed by atoms with Gasteiger partial charge in [-0.25, -0.2) is 13.8 Å². The molecule has 0 spiro atoms. The number of ether oxygens (including phenoxy) is 1. The van der Waals surface area contributed by atoms with E-state index in [4.69, 9.17) is 9.15 Å². The van der Waals surface area contributed by atoms with E-state index in [1.165, 1.54) is 23.6 Å². The summed E-state index contributed by atoms with van der Waals surface area (Å²) < 4.78 is 40.8. The number of hydrogen-bond acceptors (Lipinski definition) is 4. The Kier molecular flexibility index (Phi) is 6.67. The smallest absolute Gasteiger partial charge is 0.241 e. The van der Waals surface area contributed by atoms with E-state index in [0.717, 1.165) is 24.8 Å². The Bertz CT molecular complexity index is 959. The first kappa shape index (κ1) is 21.0. The fraction of sp³-hybridized carbons (Fsp3) is 0.455. The van der Waals surface area contributed by atoms with Crippen molar-refractivity contribution in [1.82, 2.24) is 14.8 Å². The van der Waals surface area contributed by atoms with Gasteiger partial charge in [0.2, 0.25) is 5.88 Å². The number of benzene rings is 1. The van der Waals surface area contributed by atoms with E-state index in [2.05, 4.69) is 10.1 Å². The lowest BCUT2D eigenvalue weighted by Gasteiger charge is -2.07. The highest BCUT2D eigenvalue weighted by atomic mass is 19.1. The molecule has 7 heteroatoms. The average Bonchev–Trinajstić information content (AvgIpc) is 3.45. The molecule has 1 aliphatic carbocycles. The van der Waals surface area contributed by atoms with Gasteiger partial charge in [-0.1, -0.05) is 26.7 Å². The number of aryl methyl sites for hydroxylation is 2. The molecular formula is C22H27F2N3O2. The van der Waals surface area contributed by atoms with Gasteiger partial charge in [-0.15, -0.1) is 5.10 Å². The minimum Gasteiger partial charge on any atom is -0.470 e. The summed E-state index contributed by atoms with van der Waals surface area (Å²) in [6.07, 6.45) is 7.87. The van der Waals surface area contributed by atoms with Crippen molar-refractivity contribution in [3.8, 4) is 17.0 Å². The zero-order chi connectivity index (χ0) is 21.0. The third-order valence-electron chi connectivity index (χ3n) is 4.96. The largest absolute Gasteiger partial charge is 0.470 e. The van der Waals surface area contributed by atoms with E-state index >= 15 is 0 Å². The molecule has 2 heterocycles. The molecule has 1 fully saturated rings. The summed E-state index contributed by atoms with van der Waals surface area (Å²) >= 11 is 0. The van der Waals surface area contributed by atoms with Crippen LogP contribution < -0.4 is 4.74 Å². The fourth-order valence-corrected chi connectivity index (χ4v) is 3.51. The molecule has 2 aromatic heterocycles. The molecule has 0 unspecified atom stereocenters. The zero-order valence-corrected chi connectivity index (χ0v) is 17.3. The van der Waals surface area contributed by atoms with Crippen LogP contribution in [0.4, 0.5) is 8.78 Å². The van der Waals surface area contributed by atoms with Crippen LogP contribution in [0.3, 0.4) is 0 Å². The van der Waals surface area contributed by atoms with Gasteiger partial charge in [-0.2, -0.15) is 0 Å². The highest BCUT2D eigenvalue weighted by Gasteiger charge is 2.22. The van der Waals surface area contributed by atoms with Crippen molar-refractivity contribution in [2.45, 2.75) is 59.0 Å². The zero-order valence-electron chi connectivity index (χ0n) is 17.3. The minimum atomic E-state index is -0.652. The monoisotopic (exact) mass is 403 g/mol. The van der Waals surface area contributed by atoms with Crippen molar-refractivity contribution in [2.75, 3.05) is 0 Å². The van der Waals surface area contributed by atoms with Crippen molar-refractivity contribution in [3.05, 3.63) is 53.4 Å². The second-order valence-electron chi connectivity index (χ2n) is 7.05. The molecule has 0 amide bonds. The van der Waals surface area contributed by atoms with Crippen molar-refractivity contribution in [3.63, 3.8) is 0 Å². The SMILES string of the molecule is CC.Cc1cc(-c2cn(C)nc2OCc2coc(C3CCCC3)n2)c(F)cc1F. The molecule has 0 saturated heterocycles. The van der Waals surface area contributed by atoms with Gasteiger partial charge in [-0.05, 0) is 31.4 Å². The Morgan fingerprint density at radius 1 is 1.14 bits per heavy atom. The summed E-state index contributed by atoms with van der Waals surface area (Å²) in [6.45, 7) is 5.76. The summed E-state index contributed by atoms with van der Waals surface area (Å²) in [4.78, 5) is 4.51. The number of halogens is 2. The third kappa shape index (κ3) is 4.66. The fourth-order valence-electron chi connectivity index (χ4n) is 3.51. The van der Waals surface area contributed by atoms with Crippen molar-refractivity contribution >= 4 is 0 Å². The molecule has 29 heavy (non-hydrogen) atoms. The number of aromatic nitrogens is 3. The second-order valence-corrected chi connectivity index (χ2v) is 7.05. The van der Waals surface area contributed by atoms with E-state index in [-0.39, 0.29) is 18.1 Å². The highest BCUT2D eigenvalue weighted by Crippen LogP contribution is 2.34. The van der Waals surface area contributed by atoms with Gasteiger partial charge in [0.15, 0.2) is 5.89 Å². The first-order valence-electron chi connectivity index (χ1n) is 10.1. The predicted octanol–water partition coefficient (Wildman–Crippen LogP) is 5.92. The summed E-state index contributed by atoms with van der Waals surface area (Å²) in [7, 11) is 1.72. The van der Waals surface area contributed by atoms with Crippen LogP contribution in [-0.4, -0.2) is 14.8 Å². The molecule has 0 bridgehead atoms. The van der Waals surface area contributed by atoms with E-state index in [0.29, 0.717) is 22.7 Å². The molecular weight excluding hydrogens is 376 g/mol. The molecule has 156 valence electrons. The Labute approximate surface area is 169 Å². The van der Waals surface area contributed by atoms with E-state index in [1.807, 2.05) is 13.8 Å². The lowest BCUT2D eigenvalue weighted by Crippen LogP contribution is -2.00. The molecule has 4 rings (SSSR count). The number of nitrogens with zero attached hydrogens (tertiary/aromatic N) is 3. The van der Waals surface area contributed by atoms with E-state index in [9.17, 15) is 8.78 Å². The molecule has 0 aliphatic heterocycles. The predicted molar refractivity (Wildman–Crippen MR) is 107 cm³/mol. The molecule has 0 N–H and O–H groups in total. The lowest BCUT2D eigenvalue weighted by atomic mass is 10.1. The quantitative estimate of drug-likeness (QED) is 0.530. The van der Waals surface area contributed by atoms with Gasteiger partial charge < -0.3 is 9.15 Å². The summed E-state index contributed by atoms with van der Waals surface area (Å²) in [5.41, 5.74) is 1.75. The van der Waals surface area contributed by atoms with Gasteiger partial charge in [0.25, 0.3) is 0 Å². The minimum absolute atomic E-state index is 0.169. The standard InChI is InChI=1S/C20H21F2N3O2.C2H6/c1-12-7-15(18(22)8-17(12)21)16-9-25(2)24-20(16)27-11-14-10-26-19(23-14)13-5-3-4-6-13;1-2/h7-10,13H,3-6,11H2,1-2H3;1-2H3. The maximum absolute atomic E-state index is 14.3. The lowest BCUT2D eigenvalue weighted by molar-refractivity contribution is 0.287. The van der Waals surface area contributed by atoms with Gasteiger partial charge in [0.1, 0.15) is 30.2 Å². The first-order chi connectivity index (χ1) is 14.0. The Morgan fingerprint density at radius 2 is 1.86 bits per heavy atom. The van der Waals surface area contributed by atoms with Crippen LogP contribution in [0, 0.1) is 18.6 Å². The molecule has 1 aliphatic rings. The Hall–Kier alpha value is -2.70. The van der Waals surface area contributed by atoms with Crippen LogP contribution in [0.2, 0.25) is 0 Å². The number of hydrogen-bond donors (Lipinski definition) is 0.